The SMILES string of the molecule is CCS(=O)(=O)CCCC1CC(C)CCC1Br. The lowest BCUT2D eigenvalue weighted by molar-refractivity contribution is 0.281. The van der Waals surface area contributed by atoms with Crippen molar-refractivity contribution in [3.05, 3.63) is 0 Å². The second-order valence-corrected chi connectivity index (χ2v) is 8.72. The van der Waals surface area contributed by atoms with Crippen LogP contribution < -0.4 is 0 Å². The summed E-state index contributed by atoms with van der Waals surface area (Å²) in [5.41, 5.74) is 0. The van der Waals surface area contributed by atoms with Crippen LogP contribution in [-0.4, -0.2) is 24.8 Å². The van der Waals surface area contributed by atoms with Gasteiger partial charge in [0.05, 0.1) is 5.75 Å². The van der Waals surface area contributed by atoms with Gasteiger partial charge in [-0.3, -0.25) is 0 Å². The molecule has 0 aromatic heterocycles. The maximum atomic E-state index is 11.4. The molecule has 3 unspecified atom stereocenters. The minimum Gasteiger partial charge on any atom is -0.229 e. The van der Waals surface area contributed by atoms with E-state index < -0.39 is 9.84 Å². The Hall–Kier alpha value is 0.430. The first-order chi connectivity index (χ1) is 7.44. The number of sulfone groups is 1. The molecule has 1 fully saturated rings. The van der Waals surface area contributed by atoms with Gasteiger partial charge < -0.3 is 0 Å². The summed E-state index contributed by atoms with van der Waals surface area (Å²) >= 11 is 3.73. The van der Waals surface area contributed by atoms with Crippen LogP contribution in [0.2, 0.25) is 0 Å². The van der Waals surface area contributed by atoms with Crippen molar-refractivity contribution < 1.29 is 8.42 Å². The summed E-state index contributed by atoms with van der Waals surface area (Å²) in [4.78, 5) is 0.605. The van der Waals surface area contributed by atoms with Gasteiger partial charge in [-0.15, -0.1) is 0 Å². The van der Waals surface area contributed by atoms with Gasteiger partial charge in [-0.05, 0) is 43.9 Å². The van der Waals surface area contributed by atoms with Gasteiger partial charge in [-0.1, -0.05) is 29.8 Å². The maximum Gasteiger partial charge on any atom is 0.150 e. The number of hydrogen-bond donors (Lipinski definition) is 0. The Morgan fingerprint density at radius 1 is 1.31 bits per heavy atom. The van der Waals surface area contributed by atoms with Crippen LogP contribution in [0.15, 0.2) is 0 Å². The van der Waals surface area contributed by atoms with Gasteiger partial charge in [0.25, 0.3) is 0 Å². The van der Waals surface area contributed by atoms with Crippen LogP contribution in [0.3, 0.4) is 0 Å². The van der Waals surface area contributed by atoms with Crippen molar-refractivity contribution in [2.45, 2.75) is 50.8 Å². The summed E-state index contributed by atoms with van der Waals surface area (Å²) in [5, 5.41) is 0. The topological polar surface area (TPSA) is 34.1 Å². The molecule has 0 aliphatic heterocycles. The molecule has 1 aliphatic carbocycles. The van der Waals surface area contributed by atoms with E-state index in [1.54, 1.807) is 6.92 Å². The summed E-state index contributed by atoms with van der Waals surface area (Å²) in [6.45, 7) is 4.03. The van der Waals surface area contributed by atoms with Crippen LogP contribution in [0, 0.1) is 11.8 Å². The summed E-state index contributed by atoms with van der Waals surface area (Å²) in [6.07, 6.45) is 5.68. The van der Waals surface area contributed by atoms with Crippen molar-refractivity contribution in [2.24, 2.45) is 11.8 Å². The standard InChI is InChI=1S/C12H23BrO2S/c1-3-16(14,15)8-4-5-11-9-10(2)6-7-12(11)13/h10-12H,3-9H2,1-2H3. The van der Waals surface area contributed by atoms with Crippen LogP contribution >= 0.6 is 15.9 Å². The largest absolute Gasteiger partial charge is 0.229 e. The minimum atomic E-state index is -2.77. The van der Waals surface area contributed by atoms with Crippen LogP contribution in [-0.2, 0) is 9.84 Å². The zero-order chi connectivity index (χ0) is 12.2. The molecule has 16 heavy (non-hydrogen) atoms. The van der Waals surface area contributed by atoms with Gasteiger partial charge in [-0.25, -0.2) is 8.42 Å². The fourth-order valence-electron chi connectivity index (χ4n) is 2.47. The Bertz CT molecular complexity index is 300. The monoisotopic (exact) mass is 310 g/mol. The van der Waals surface area contributed by atoms with Gasteiger partial charge in [-0.2, -0.15) is 0 Å². The van der Waals surface area contributed by atoms with E-state index >= 15 is 0 Å². The van der Waals surface area contributed by atoms with Crippen LogP contribution in [0.4, 0.5) is 0 Å². The first kappa shape index (κ1) is 14.5. The molecule has 2 nitrogen and oxygen atoms in total. The third kappa shape index (κ3) is 4.74. The lowest BCUT2D eigenvalue weighted by atomic mass is 9.80. The highest BCUT2D eigenvalue weighted by Crippen LogP contribution is 2.36. The molecule has 0 heterocycles. The molecule has 1 aliphatic rings. The van der Waals surface area contributed by atoms with Gasteiger partial charge in [0.15, 0.2) is 0 Å². The quantitative estimate of drug-likeness (QED) is 0.729. The number of hydrogen-bond acceptors (Lipinski definition) is 2. The van der Waals surface area contributed by atoms with Crippen molar-refractivity contribution in [1.29, 1.82) is 0 Å². The highest BCUT2D eigenvalue weighted by Gasteiger charge is 2.26. The average Bonchev–Trinajstić information content (AvgIpc) is 2.23. The molecule has 1 saturated carbocycles. The van der Waals surface area contributed by atoms with E-state index in [1.165, 1.54) is 19.3 Å². The van der Waals surface area contributed by atoms with Crippen LogP contribution in [0.5, 0.6) is 0 Å². The van der Waals surface area contributed by atoms with Crippen molar-refractivity contribution >= 4 is 25.8 Å². The minimum absolute atomic E-state index is 0.284. The van der Waals surface area contributed by atoms with Gasteiger partial charge in [0.2, 0.25) is 0 Å². The predicted octanol–water partition coefficient (Wildman–Crippen LogP) is 3.40. The summed E-state index contributed by atoms with van der Waals surface area (Å²) < 4.78 is 22.8. The van der Waals surface area contributed by atoms with Crippen molar-refractivity contribution in [1.82, 2.24) is 0 Å². The maximum absolute atomic E-state index is 11.4. The van der Waals surface area contributed by atoms with E-state index in [9.17, 15) is 8.42 Å². The number of halogens is 1. The third-order valence-corrected chi connectivity index (χ3v) is 6.62. The lowest BCUT2D eigenvalue weighted by Gasteiger charge is -2.31. The van der Waals surface area contributed by atoms with Crippen molar-refractivity contribution in [3.63, 3.8) is 0 Å². The van der Waals surface area contributed by atoms with Crippen molar-refractivity contribution in [2.75, 3.05) is 11.5 Å². The number of alkyl halides is 1. The molecule has 0 bridgehead atoms. The molecule has 0 N–H and O–H groups in total. The third-order valence-electron chi connectivity index (χ3n) is 3.62. The van der Waals surface area contributed by atoms with Crippen LogP contribution in [0.25, 0.3) is 0 Å². The molecule has 0 saturated heterocycles. The molecule has 4 heteroatoms. The first-order valence-electron chi connectivity index (χ1n) is 6.29. The molecule has 1 rings (SSSR count). The molecule has 0 aromatic rings. The summed E-state index contributed by atoms with van der Waals surface area (Å²) in [6, 6.07) is 0. The first-order valence-corrected chi connectivity index (χ1v) is 9.02. The molecule has 0 aromatic carbocycles. The summed E-state index contributed by atoms with van der Waals surface area (Å²) in [5.74, 6) is 2.14. The normalized spacial score (nSPS) is 31.6. The Balaban J connectivity index is 2.31. The van der Waals surface area contributed by atoms with E-state index in [0.717, 1.165) is 18.8 Å². The molecule has 0 spiro atoms. The van der Waals surface area contributed by atoms with Gasteiger partial charge in [0, 0.05) is 10.6 Å². The van der Waals surface area contributed by atoms with E-state index in [1.807, 2.05) is 0 Å². The van der Waals surface area contributed by atoms with Gasteiger partial charge >= 0.3 is 0 Å². The van der Waals surface area contributed by atoms with E-state index in [2.05, 4.69) is 22.9 Å². The molecular formula is C12H23BrO2S. The lowest BCUT2D eigenvalue weighted by Crippen LogP contribution is -2.24. The second kappa shape index (κ2) is 6.39. The Morgan fingerprint density at radius 3 is 2.62 bits per heavy atom. The van der Waals surface area contributed by atoms with E-state index in [0.29, 0.717) is 16.5 Å². The Labute approximate surface area is 108 Å². The van der Waals surface area contributed by atoms with E-state index in [4.69, 9.17) is 0 Å². The molecule has 0 radical (unpaired) electrons. The van der Waals surface area contributed by atoms with Crippen LogP contribution in [0.1, 0.15) is 46.0 Å². The molecule has 0 amide bonds. The number of rotatable bonds is 5. The fraction of sp³-hybridized carbons (Fsp3) is 1.00. The highest BCUT2D eigenvalue weighted by molar-refractivity contribution is 9.09. The molecule has 3 atom stereocenters. The van der Waals surface area contributed by atoms with Gasteiger partial charge in [0.1, 0.15) is 9.84 Å². The fourth-order valence-corrected chi connectivity index (χ4v) is 4.11. The molecular weight excluding hydrogens is 288 g/mol. The Kier molecular flexibility index (Phi) is 5.78. The smallest absolute Gasteiger partial charge is 0.150 e. The van der Waals surface area contributed by atoms with Crippen molar-refractivity contribution in [3.8, 4) is 0 Å². The van der Waals surface area contributed by atoms with E-state index in [-0.39, 0.29) is 5.75 Å². The molecule has 96 valence electrons. The average molecular weight is 311 g/mol. The zero-order valence-electron chi connectivity index (χ0n) is 10.3. The highest BCUT2D eigenvalue weighted by atomic mass is 79.9. The zero-order valence-corrected chi connectivity index (χ0v) is 12.7. The summed E-state index contributed by atoms with van der Waals surface area (Å²) in [7, 11) is -2.77. The Morgan fingerprint density at radius 2 is 2.00 bits per heavy atom. The predicted molar refractivity (Wildman–Crippen MR) is 72.8 cm³/mol. The second-order valence-electron chi connectivity index (χ2n) is 5.07.